The summed E-state index contributed by atoms with van der Waals surface area (Å²) in [5.41, 5.74) is 1.55. The fourth-order valence-corrected chi connectivity index (χ4v) is 1.89. The summed E-state index contributed by atoms with van der Waals surface area (Å²) in [7, 11) is 1.56. The van der Waals surface area contributed by atoms with E-state index >= 15 is 0 Å². The summed E-state index contributed by atoms with van der Waals surface area (Å²) in [6.45, 7) is 0.267. The summed E-state index contributed by atoms with van der Waals surface area (Å²) in [5.74, 6) is 1.02. The number of rotatable bonds is 1. The Morgan fingerprint density at radius 3 is 3.06 bits per heavy atom. The van der Waals surface area contributed by atoms with E-state index in [1.807, 2.05) is 0 Å². The van der Waals surface area contributed by atoms with Crippen molar-refractivity contribution in [3.05, 3.63) is 47.5 Å². The Balaban J connectivity index is 2.17. The number of benzene rings is 1. The van der Waals surface area contributed by atoms with Crippen LogP contribution in [-0.4, -0.2) is 22.9 Å². The summed E-state index contributed by atoms with van der Waals surface area (Å²) in [4.78, 5) is 20.3. The molecule has 2 heterocycles. The highest BCUT2D eigenvalue weighted by Crippen LogP contribution is 2.30. The van der Waals surface area contributed by atoms with Crippen molar-refractivity contribution in [3.8, 4) is 11.5 Å². The van der Waals surface area contributed by atoms with E-state index in [1.165, 1.54) is 12.5 Å². The number of nitrogens with zero attached hydrogens (tertiary/aromatic N) is 2. The summed E-state index contributed by atoms with van der Waals surface area (Å²) in [5, 5.41) is 0. The number of hydrogen-bond donors (Lipinski definition) is 0. The van der Waals surface area contributed by atoms with Gasteiger partial charge in [0.05, 0.1) is 23.9 Å². The molecule has 0 bridgehead atoms. The van der Waals surface area contributed by atoms with Gasteiger partial charge in [0.2, 0.25) is 0 Å². The molecule has 0 amide bonds. The Bertz CT molecular complexity index is 625. The molecule has 0 radical (unpaired) electrons. The number of carbonyl (C=O) groups is 1. The number of fused-ring (bicyclic) bond motifs is 2. The molecular weight excluding hydrogens is 232 g/mol. The Morgan fingerprint density at radius 2 is 2.22 bits per heavy atom. The maximum Gasteiger partial charge on any atom is 0.200 e. The zero-order valence-electron chi connectivity index (χ0n) is 9.71. The van der Waals surface area contributed by atoms with Crippen molar-refractivity contribution in [2.75, 3.05) is 7.11 Å². The minimum atomic E-state index is -0.142. The van der Waals surface area contributed by atoms with Crippen molar-refractivity contribution in [2.24, 2.45) is 0 Å². The molecule has 2 aromatic rings. The molecule has 0 aliphatic carbocycles. The third kappa shape index (κ3) is 1.60. The predicted octanol–water partition coefficient (Wildman–Crippen LogP) is 1.61. The molecule has 90 valence electrons. The molecule has 1 aromatic heterocycles. The van der Waals surface area contributed by atoms with Gasteiger partial charge < -0.3 is 9.47 Å². The number of ketones is 1. The Hall–Kier alpha value is -2.43. The molecule has 1 aromatic carbocycles. The standard InChI is InChI=1S/C13H10N2O3/c1-17-8-2-3-12-9(4-8)13(16)10-5-14-7-15-11(10)6-18-12/h2-5,7H,6H2,1H3. The van der Waals surface area contributed by atoms with Crippen molar-refractivity contribution in [1.82, 2.24) is 9.97 Å². The van der Waals surface area contributed by atoms with Gasteiger partial charge in [-0.3, -0.25) is 4.79 Å². The fraction of sp³-hybridized carbons (Fsp3) is 0.154. The van der Waals surface area contributed by atoms with E-state index in [4.69, 9.17) is 9.47 Å². The van der Waals surface area contributed by atoms with Crippen molar-refractivity contribution in [2.45, 2.75) is 6.61 Å². The van der Waals surface area contributed by atoms with Gasteiger partial charge in [-0.1, -0.05) is 0 Å². The third-order valence-electron chi connectivity index (χ3n) is 2.84. The number of ether oxygens (including phenoxy) is 2. The normalized spacial score (nSPS) is 13.1. The first-order valence-corrected chi connectivity index (χ1v) is 5.44. The average molecular weight is 242 g/mol. The van der Waals surface area contributed by atoms with Crippen molar-refractivity contribution < 1.29 is 14.3 Å². The molecule has 5 heteroatoms. The lowest BCUT2D eigenvalue weighted by atomic mass is 10.0. The number of carbonyl (C=O) groups excluding carboxylic acids is 1. The van der Waals surface area contributed by atoms with E-state index in [9.17, 15) is 4.79 Å². The molecule has 0 atom stereocenters. The second-order valence-corrected chi connectivity index (χ2v) is 3.86. The summed E-state index contributed by atoms with van der Waals surface area (Å²) < 4.78 is 10.7. The second kappa shape index (κ2) is 4.10. The van der Waals surface area contributed by atoms with Crippen LogP contribution < -0.4 is 9.47 Å². The Labute approximate surface area is 103 Å². The van der Waals surface area contributed by atoms with Gasteiger partial charge in [-0.05, 0) is 18.2 Å². The van der Waals surface area contributed by atoms with Crippen LogP contribution in [0.5, 0.6) is 11.5 Å². The van der Waals surface area contributed by atoms with Gasteiger partial charge in [-0.15, -0.1) is 0 Å². The van der Waals surface area contributed by atoms with Crippen LogP contribution in [0.15, 0.2) is 30.7 Å². The zero-order chi connectivity index (χ0) is 12.5. The molecule has 1 aliphatic heterocycles. The summed E-state index contributed by atoms with van der Waals surface area (Å²) >= 11 is 0. The van der Waals surface area contributed by atoms with Crippen molar-refractivity contribution in [3.63, 3.8) is 0 Å². The lowest BCUT2D eigenvalue weighted by Crippen LogP contribution is -2.05. The molecular formula is C13H10N2O3. The third-order valence-corrected chi connectivity index (χ3v) is 2.84. The average Bonchev–Trinajstić information content (AvgIpc) is 2.57. The molecule has 0 saturated heterocycles. The van der Waals surface area contributed by atoms with Gasteiger partial charge in [0.1, 0.15) is 24.4 Å². The van der Waals surface area contributed by atoms with E-state index in [2.05, 4.69) is 9.97 Å². The van der Waals surface area contributed by atoms with Crippen LogP contribution in [0.4, 0.5) is 0 Å². The fourth-order valence-electron chi connectivity index (χ4n) is 1.89. The van der Waals surface area contributed by atoms with Gasteiger partial charge >= 0.3 is 0 Å². The Kier molecular flexibility index (Phi) is 2.44. The molecule has 0 fully saturated rings. The first kappa shape index (κ1) is 10.7. The first-order chi connectivity index (χ1) is 8.79. The lowest BCUT2D eigenvalue weighted by molar-refractivity contribution is 0.103. The summed E-state index contributed by atoms with van der Waals surface area (Å²) in [6, 6.07) is 5.15. The van der Waals surface area contributed by atoms with Crippen LogP contribution in [-0.2, 0) is 6.61 Å². The monoisotopic (exact) mass is 242 g/mol. The van der Waals surface area contributed by atoms with Crippen LogP contribution in [0.1, 0.15) is 21.6 Å². The maximum absolute atomic E-state index is 12.4. The van der Waals surface area contributed by atoms with Crippen molar-refractivity contribution >= 4 is 5.78 Å². The van der Waals surface area contributed by atoms with E-state index in [-0.39, 0.29) is 12.4 Å². The highest BCUT2D eigenvalue weighted by Gasteiger charge is 2.23. The number of aromatic nitrogens is 2. The highest BCUT2D eigenvalue weighted by atomic mass is 16.5. The van der Waals surface area contributed by atoms with Gasteiger partial charge in [-0.2, -0.15) is 0 Å². The SMILES string of the molecule is COc1ccc2c(c1)C(=O)c1cncnc1CO2. The highest BCUT2D eigenvalue weighted by molar-refractivity contribution is 6.11. The minimum absolute atomic E-state index is 0.142. The predicted molar refractivity (Wildman–Crippen MR) is 62.8 cm³/mol. The van der Waals surface area contributed by atoms with Gasteiger partial charge in [-0.25, -0.2) is 9.97 Å². The van der Waals surface area contributed by atoms with Crippen molar-refractivity contribution in [1.29, 1.82) is 0 Å². The first-order valence-electron chi connectivity index (χ1n) is 5.44. The smallest absolute Gasteiger partial charge is 0.200 e. The van der Waals surface area contributed by atoms with Gasteiger partial charge in [0.15, 0.2) is 5.78 Å². The lowest BCUT2D eigenvalue weighted by Gasteiger charge is -2.07. The molecule has 18 heavy (non-hydrogen) atoms. The number of methoxy groups -OCH3 is 1. The van der Waals surface area contributed by atoms with Gasteiger partial charge in [0, 0.05) is 6.20 Å². The molecule has 3 rings (SSSR count). The zero-order valence-corrected chi connectivity index (χ0v) is 9.71. The van der Waals surface area contributed by atoms with Crippen LogP contribution in [0.3, 0.4) is 0 Å². The van der Waals surface area contributed by atoms with E-state index in [0.29, 0.717) is 28.3 Å². The largest absolute Gasteiger partial charge is 0.497 e. The van der Waals surface area contributed by atoms with E-state index in [0.717, 1.165) is 0 Å². The van der Waals surface area contributed by atoms with Crippen LogP contribution >= 0.6 is 0 Å². The summed E-state index contributed by atoms with van der Waals surface area (Å²) in [6.07, 6.45) is 2.93. The van der Waals surface area contributed by atoms with Crippen LogP contribution in [0, 0.1) is 0 Å². The molecule has 5 nitrogen and oxygen atoms in total. The molecule has 0 unspecified atom stereocenters. The van der Waals surface area contributed by atoms with E-state index in [1.54, 1.807) is 25.3 Å². The molecule has 1 aliphatic rings. The number of hydrogen-bond acceptors (Lipinski definition) is 5. The van der Waals surface area contributed by atoms with Crippen LogP contribution in [0.25, 0.3) is 0 Å². The quantitative estimate of drug-likeness (QED) is 0.760. The minimum Gasteiger partial charge on any atom is -0.497 e. The van der Waals surface area contributed by atoms with Gasteiger partial charge in [0.25, 0.3) is 0 Å². The topological polar surface area (TPSA) is 61.3 Å². The van der Waals surface area contributed by atoms with Crippen LogP contribution in [0.2, 0.25) is 0 Å². The second-order valence-electron chi connectivity index (χ2n) is 3.86. The molecule has 0 N–H and O–H groups in total. The Morgan fingerprint density at radius 1 is 1.33 bits per heavy atom. The van der Waals surface area contributed by atoms with E-state index < -0.39 is 0 Å². The maximum atomic E-state index is 12.4. The molecule has 0 saturated carbocycles. The molecule has 0 spiro atoms.